The third-order valence-electron chi connectivity index (χ3n) is 4.25. The van der Waals surface area contributed by atoms with Crippen molar-refractivity contribution in [1.29, 1.82) is 0 Å². The molecule has 0 saturated heterocycles. The van der Waals surface area contributed by atoms with Gasteiger partial charge in [0.2, 0.25) is 5.78 Å². The van der Waals surface area contributed by atoms with Gasteiger partial charge in [0.05, 0.1) is 17.7 Å². The number of hydrogen-bond donors (Lipinski definition) is 0. The van der Waals surface area contributed by atoms with Crippen LogP contribution in [0.1, 0.15) is 37.0 Å². The molecule has 4 nitrogen and oxygen atoms in total. The van der Waals surface area contributed by atoms with Gasteiger partial charge in [0.25, 0.3) is 0 Å². The zero-order valence-electron chi connectivity index (χ0n) is 14.8. The van der Waals surface area contributed by atoms with Gasteiger partial charge in [-0.15, -0.1) is 11.3 Å². The van der Waals surface area contributed by atoms with Crippen molar-refractivity contribution in [2.24, 2.45) is 0 Å². The van der Waals surface area contributed by atoms with Gasteiger partial charge in [0, 0.05) is 16.3 Å². The van der Waals surface area contributed by atoms with Crippen molar-refractivity contribution in [3.05, 3.63) is 80.8 Å². The van der Waals surface area contributed by atoms with E-state index in [4.69, 9.17) is 4.74 Å². The molecule has 3 aromatic rings. The smallest absolute Gasteiger partial charge is 0.340 e. The van der Waals surface area contributed by atoms with Crippen LogP contribution in [-0.4, -0.2) is 22.9 Å². The number of hydrogen-bond acceptors (Lipinski definition) is 4. The first-order chi connectivity index (χ1) is 12.9. The molecule has 0 radical (unpaired) electrons. The number of Topliss-reactive ketones (excluding diaryl/α,β-unsaturated/α-hetero) is 1. The van der Waals surface area contributed by atoms with Gasteiger partial charge in [-0.2, -0.15) is 0 Å². The molecule has 7 heteroatoms. The summed E-state index contributed by atoms with van der Waals surface area (Å²) in [6.45, 7) is 3.65. The molecule has 0 atom stereocenters. The lowest BCUT2D eigenvalue weighted by Crippen LogP contribution is -2.16. The summed E-state index contributed by atoms with van der Waals surface area (Å²) in [4.78, 5) is 25.5. The number of thiophene rings is 1. The average Bonchev–Trinajstić information content (AvgIpc) is 3.25. The molecular weight excluding hydrogens is 372 g/mol. The van der Waals surface area contributed by atoms with E-state index in [-0.39, 0.29) is 0 Å². The first-order valence-corrected chi connectivity index (χ1v) is 9.09. The van der Waals surface area contributed by atoms with Gasteiger partial charge in [-0.1, -0.05) is 6.07 Å². The minimum Gasteiger partial charge on any atom is -0.454 e. The highest BCUT2D eigenvalue weighted by molar-refractivity contribution is 7.09. The van der Waals surface area contributed by atoms with Gasteiger partial charge in [-0.05, 0) is 49.6 Å². The van der Waals surface area contributed by atoms with Crippen LogP contribution in [0.2, 0.25) is 0 Å². The number of ether oxygens (including phenoxy) is 1. The Labute approximate surface area is 159 Å². The van der Waals surface area contributed by atoms with E-state index in [0.717, 1.165) is 34.5 Å². The largest absolute Gasteiger partial charge is 0.454 e. The van der Waals surface area contributed by atoms with Crippen LogP contribution in [0, 0.1) is 25.5 Å². The minimum atomic E-state index is -0.855. The molecule has 0 aliphatic rings. The molecule has 0 N–H and O–H groups in total. The summed E-state index contributed by atoms with van der Waals surface area (Å²) >= 11 is 1.62. The Morgan fingerprint density at radius 1 is 1.11 bits per heavy atom. The summed E-state index contributed by atoms with van der Waals surface area (Å²) in [6.07, 6.45) is 0. The Morgan fingerprint density at radius 2 is 1.89 bits per heavy atom. The fraction of sp³-hybridized carbons (Fsp3) is 0.200. The van der Waals surface area contributed by atoms with E-state index in [9.17, 15) is 18.4 Å². The minimum absolute atomic E-state index is 0.344. The molecule has 0 spiro atoms. The Kier molecular flexibility index (Phi) is 5.51. The molecule has 0 fully saturated rings. The number of ketones is 1. The SMILES string of the molecule is Cc1cc(C(=O)OCC(=O)c2cc(F)ccc2F)c(C)n1Cc1cccs1. The maximum atomic E-state index is 13.6. The lowest BCUT2D eigenvalue weighted by atomic mass is 10.1. The highest BCUT2D eigenvalue weighted by Gasteiger charge is 2.20. The van der Waals surface area contributed by atoms with Crippen molar-refractivity contribution in [2.45, 2.75) is 20.4 Å². The van der Waals surface area contributed by atoms with Crippen molar-refractivity contribution in [2.75, 3.05) is 6.61 Å². The number of nitrogens with zero attached hydrogens (tertiary/aromatic N) is 1. The van der Waals surface area contributed by atoms with E-state index in [1.807, 2.05) is 29.0 Å². The van der Waals surface area contributed by atoms with Crippen LogP contribution in [0.4, 0.5) is 8.78 Å². The monoisotopic (exact) mass is 389 g/mol. The third-order valence-corrected chi connectivity index (χ3v) is 5.11. The Balaban J connectivity index is 1.71. The van der Waals surface area contributed by atoms with E-state index in [2.05, 4.69) is 0 Å². The molecule has 3 rings (SSSR count). The van der Waals surface area contributed by atoms with E-state index in [1.54, 1.807) is 24.3 Å². The standard InChI is InChI=1S/C20H17F2NO3S/c1-12-8-16(13(2)23(12)10-15-4-3-7-27-15)20(25)26-11-19(24)17-9-14(21)5-6-18(17)22/h3-9H,10-11H2,1-2H3. The van der Waals surface area contributed by atoms with Gasteiger partial charge in [-0.3, -0.25) is 4.79 Å². The molecule has 0 unspecified atom stereocenters. The number of carbonyl (C=O) groups excluding carboxylic acids is 2. The van der Waals surface area contributed by atoms with Gasteiger partial charge < -0.3 is 9.30 Å². The normalized spacial score (nSPS) is 10.8. The zero-order valence-corrected chi connectivity index (χ0v) is 15.6. The lowest BCUT2D eigenvalue weighted by molar-refractivity contribution is 0.0472. The van der Waals surface area contributed by atoms with Crippen LogP contribution in [0.25, 0.3) is 0 Å². The van der Waals surface area contributed by atoms with Crippen molar-refractivity contribution in [3.8, 4) is 0 Å². The lowest BCUT2D eigenvalue weighted by Gasteiger charge is -2.09. The Morgan fingerprint density at radius 3 is 2.59 bits per heavy atom. The average molecular weight is 389 g/mol. The summed E-state index contributed by atoms with van der Waals surface area (Å²) in [5, 5.41) is 1.98. The fourth-order valence-corrected chi connectivity index (χ4v) is 3.50. The van der Waals surface area contributed by atoms with E-state index in [1.165, 1.54) is 0 Å². The Bertz CT molecular complexity index is 993. The van der Waals surface area contributed by atoms with Crippen LogP contribution in [0.15, 0.2) is 41.8 Å². The quantitative estimate of drug-likeness (QED) is 0.460. The number of rotatable bonds is 6. The number of benzene rings is 1. The van der Waals surface area contributed by atoms with Crippen LogP contribution < -0.4 is 0 Å². The second kappa shape index (κ2) is 7.84. The summed E-state index contributed by atoms with van der Waals surface area (Å²) in [6, 6.07) is 8.23. The van der Waals surface area contributed by atoms with Gasteiger partial charge in [0.1, 0.15) is 11.6 Å². The maximum Gasteiger partial charge on any atom is 0.340 e. The zero-order chi connectivity index (χ0) is 19.6. The van der Waals surface area contributed by atoms with Gasteiger partial charge in [0.15, 0.2) is 6.61 Å². The Hall–Kier alpha value is -2.80. The molecule has 0 amide bonds. The van der Waals surface area contributed by atoms with Crippen molar-refractivity contribution in [1.82, 2.24) is 4.57 Å². The predicted molar refractivity (Wildman–Crippen MR) is 98.3 cm³/mol. The number of aromatic nitrogens is 1. The molecular formula is C20H17F2NO3S. The molecule has 27 heavy (non-hydrogen) atoms. The predicted octanol–water partition coefficient (Wildman–Crippen LogP) is 4.53. The van der Waals surface area contributed by atoms with E-state index < -0.39 is 35.6 Å². The summed E-state index contributed by atoms with van der Waals surface area (Å²) < 4.78 is 33.9. The highest BCUT2D eigenvalue weighted by Crippen LogP contribution is 2.20. The number of esters is 1. The van der Waals surface area contributed by atoms with E-state index >= 15 is 0 Å². The first-order valence-electron chi connectivity index (χ1n) is 8.21. The number of halogens is 2. The van der Waals surface area contributed by atoms with Crippen LogP contribution in [0.3, 0.4) is 0 Å². The second-order valence-corrected chi connectivity index (χ2v) is 7.11. The van der Waals surface area contributed by atoms with Gasteiger partial charge in [-0.25, -0.2) is 13.6 Å². The van der Waals surface area contributed by atoms with Crippen LogP contribution in [-0.2, 0) is 11.3 Å². The number of carbonyl (C=O) groups is 2. The maximum absolute atomic E-state index is 13.6. The summed E-state index contributed by atoms with van der Waals surface area (Å²) in [5.41, 5.74) is 1.51. The molecule has 0 aliphatic carbocycles. The second-order valence-electron chi connectivity index (χ2n) is 6.07. The van der Waals surface area contributed by atoms with E-state index in [0.29, 0.717) is 12.1 Å². The summed E-state index contributed by atoms with van der Waals surface area (Å²) in [5.74, 6) is -3.06. The topological polar surface area (TPSA) is 48.3 Å². The number of aryl methyl sites for hydroxylation is 1. The molecule has 140 valence electrons. The van der Waals surface area contributed by atoms with Gasteiger partial charge >= 0.3 is 5.97 Å². The molecule has 2 aromatic heterocycles. The first kappa shape index (κ1) is 19.0. The van der Waals surface area contributed by atoms with Crippen molar-refractivity contribution < 1.29 is 23.1 Å². The molecule has 1 aromatic carbocycles. The summed E-state index contributed by atoms with van der Waals surface area (Å²) in [7, 11) is 0. The van der Waals surface area contributed by atoms with Crippen LogP contribution in [0.5, 0.6) is 0 Å². The third kappa shape index (κ3) is 4.14. The van der Waals surface area contributed by atoms with Crippen LogP contribution >= 0.6 is 11.3 Å². The molecule has 0 aliphatic heterocycles. The van der Waals surface area contributed by atoms with Crippen molar-refractivity contribution >= 4 is 23.1 Å². The molecule has 0 bridgehead atoms. The molecule has 2 heterocycles. The highest BCUT2D eigenvalue weighted by atomic mass is 32.1. The molecule has 0 saturated carbocycles. The van der Waals surface area contributed by atoms with Crippen molar-refractivity contribution in [3.63, 3.8) is 0 Å². The fourth-order valence-electron chi connectivity index (χ4n) is 2.81.